The van der Waals surface area contributed by atoms with Crippen molar-refractivity contribution in [2.45, 2.75) is 41.9 Å². The zero-order valence-corrected chi connectivity index (χ0v) is 14.9. The highest BCUT2D eigenvalue weighted by Gasteiger charge is 2.32. The molecule has 2 N–H and O–H groups in total. The van der Waals surface area contributed by atoms with Crippen LogP contribution in [0.5, 0.6) is 0 Å². The number of hydrogen-bond donors (Lipinski definition) is 2. The number of sulfone groups is 1. The first-order valence-electron chi connectivity index (χ1n) is 7.78. The van der Waals surface area contributed by atoms with Gasteiger partial charge in [-0.2, -0.15) is 0 Å². The summed E-state index contributed by atoms with van der Waals surface area (Å²) in [6.45, 7) is 0.632. The molecule has 1 aromatic rings. The lowest BCUT2D eigenvalue weighted by Crippen LogP contribution is -2.48. The van der Waals surface area contributed by atoms with E-state index in [9.17, 15) is 16.8 Å². The van der Waals surface area contributed by atoms with Crippen molar-refractivity contribution in [3.8, 4) is 0 Å². The summed E-state index contributed by atoms with van der Waals surface area (Å²) < 4.78 is 50.3. The fourth-order valence-corrected chi connectivity index (χ4v) is 5.45. The maximum absolute atomic E-state index is 12.1. The van der Waals surface area contributed by atoms with Gasteiger partial charge in [-0.1, -0.05) is 31.0 Å². The second-order valence-electron chi connectivity index (χ2n) is 5.92. The highest BCUT2D eigenvalue weighted by Crippen LogP contribution is 2.23. The van der Waals surface area contributed by atoms with E-state index >= 15 is 0 Å². The molecule has 1 fully saturated rings. The normalized spacial score (nSPS) is 22.8. The van der Waals surface area contributed by atoms with Gasteiger partial charge in [-0.15, -0.1) is 0 Å². The largest absolute Gasteiger partial charge is 0.311 e. The van der Waals surface area contributed by atoms with Crippen LogP contribution in [0.15, 0.2) is 35.2 Å². The van der Waals surface area contributed by atoms with E-state index in [-0.39, 0.29) is 22.7 Å². The number of hydrogen-bond acceptors (Lipinski definition) is 5. The van der Waals surface area contributed by atoms with Crippen LogP contribution >= 0.6 is 0 Å². The Kier molecular flexibility index (Phi) is 6.19. The van der Waals surface area contributed by atoms with E-state index in [4.69, 9.17) is 0 Å². The van der Waals surface area contributed by atoms with E-state index in [0.29, 0.717) is 13.0 Å². The second kappa shape index (κ2) is 7.74. The standard InChI is InChI=1S/C15H24N2O4S2/c1-22(18,19)15-10-6-5-9-14(15)16-11-12-17-23(20,21)13-7-3-2-4-8-13/h2-4,7-8,14-17H,5-6,9-12H2,1H3. The van der Waals surface area contributed by atoms with Gasteiger partial charge in [-0.3, -0.25) is 0 Å². The average Bonchev–Trinajstić information content (AvgIpc) is 2.52. The van der Waals surface area contributed by atoms with E-state index in [2.05, 4.69) is 10.0 Å². The third-order valence-corrected chi connectivity index (χ3v) is 7.27. The summed E-state index contributed by atoms with van der Waals surface area (Å²) in [5.74, 6) is 0. The molecule has 0 aromatic heterocycles. The molecule has 2 unspecified atom stereocenters. The Morgan fingerprint density at radius 1 is 1.00 bits per heavy atom. The molecular formula is C15H24N2O4S2. The molecule has 1 aliphatic carbocycles. The first-order valence-corrected chi connectivity index (χ1v) is 11.2. The molecule has 0 radical (unpaired) electrons. The van der Waals surface area contributed by atoms with Crippen LogP contribution in [0.4, 0.5) is 0 Å². The van der Waals surface area contributed by atoms with Crippen molar-refractivity contribution in [2.24, 2.45) is 0 Å². The molecule has 1 aliphatic rings. The van der Waals surface area contributed by atoms with E-state index in [0.717, 1.165) is 19.3 Å². The molecule has 1 saturated carbocycles. The first-order chi connectivity index (χ1) is 10.8. The summed E-state index contributed by atoms with van der Waals surface area (Å²) in [7, 11) is -6.60. The number of rotatable bonds is 7. The zero-order chi connectivity index (χ0) is 16.9. The highest BCUT2D eigenvalue weighted by molar-refractivity contribution is 7.91. The van der Waals surface area contributed by atoms with Crippen molar-refractivity contribution in [1.29, 1.82) is 0 Å². The minimum Gasteiger partial charge on any atom is -0.311 e. The first kappa shape index (κ1) is 18.4. The highest BCUT2D eigenvalue weighted by atomic mass is 32.2. The summed E-state index contributed by atoms with van der Waals surface area (Å²) in [4.78, 5) is 0.228. The van der Waals surface area contributed by atoms with Crippen molar-refractivity contribution in [3.63, 3.8) is 0 Å². The summed E-state index contributed by atoms with van der Waals surface area (Å²) in [5, 5.41) is 2.82. The summed E-state index contributed by atoms with van der Waals surface area (Å²) in [5.41, 5.74) is 0. The quantitative estimate of drug-likeness (QED) is 0.705. The topological polar surface area (TPSA) is 92.3 Å². The molecule has 130 valence electrons. The van der Waals surface area contributed by atoms with Gasteiger partial charge in [0.2, 0.25) is 10.0 Å². The lowest BCUT2D eigenvalue weighted by molar-refractivity contribution is 0.373. The fraction of sp³-hybridized carbons (Fsp3) is 0.600. The van der Waals surface area contributed by atoms with Gasteiger partial charge in [-0.05, 0) is 25.0 Å². The molecule has 0 amide bonds. The SMILES string of the molecule is CS(=O)(=O)C1CCCCC1NCCNS(=O)(=O)c1ccccc1. The fourth-order valence-electron chi connectivity index (χ4n) is 2.97. The molecule has 2 rings (SSSR count). The Labute approximate surface area is 138 Å². The molecular weight excluding hydrogens is 336 g/mol. The van der Waals surface area contributed by atoms with E-state index in [1.54, 1.807) is 18.2 Å². The molecule has 0 spiro atoms. The third kappa shape index (κ3) is 5.27. The van der Waals surface area contributed by atoms with Crippen molar-refractivity contribution in [3.05, 3.63) is 30.3 Å². The predicted molar refractivity (Wildman–Crippen MR) is 90.5 cm³/mol. The lowest BCUT2D eigenvalue weighted by Gasteiger charge is -2.31. The Morgan fingerprint density at radius 2 is 1.65 bits per heavy atom. The molecule has 6 nitrogen and oxygen atoms in total. The molecule has 1 aromatic carbocycles. The lowest BCUT2D eigenvalue weighted by atomic mass is 9.95. The van der Waals surface area contributed by atoms with Gasteiger partial charge in [0.05, 0.1) is 10.1 Å². The summed E-state index contributed by atoms with van der Waals surface area (Å²) >= 11 is 0. The zero-order valence-electron chi connectivity index (χ0n) is 13.2. The van der Waals surface area contributed by atoms with Gasteiger partial charge in [0.1, 0.15) is 0 Å². The minimum atomic E-state index is -3.51. The van der Waals surface area contributed by atoms with Crippen molar-refractivity contribution in [1.82, 2.24) is 10.0 Å². The van der Waals surface area contributed by atoms with E-state index in [1.165, 1.54) is 18.4 Å². The predicted octanol–water partition coefficient (Wildman–Crippen LogP) is 0.910. The smallest absolute Gasteiger partial charge is 0.240 e. The van der Waals surface area contributed by atoms with E-state index < -0.39 is 19.9 Å². The molecule has 23 heavy (non-hydrogen) atoms. The van der Waals surface area contributed by atoms with Crippen LogP contribution in [-0.4, -0.2) is 47.5 Å². The van der Waals surface area contributed by atoms with Crippen LogP contribution in [0.1, 0.15) is 25.7 Å². The van der Waals surface area contributed by atoms with Crippen molar-refractivity contribution in [2.75, 3.05) is 19.3 Å². The maximum Gasteiger partial charge on any atom is 0.240 e. The van der Waals surface area contributed by atoms with Crippen LogP contribution in [-0.2, 0) is 19.9 Å². The van der Waals surface area contributed by atoms with Crippen LogP contribution in [0, 0.1) is 0 Å². The van der Waals surface area contributed by atoms with Gasteiger partial charge >= 0.3 is 0 Å². The third-order valence-electron chi connectivity index (χ3n) is 4.13. The minimum absolute atomic E-state index is 0.0972. The van der Waals surface area contributed by atoms with Crippen LogP contribution in [0.2, 0.25) is 0 Å². The van der Waals surface area contributed by atoms with Gasteiger partial charge < -0.3 is 5.32 Å². The monoisotopic (exact) mass is 360 g/mol. The number of benzene rings is 1. The van der Waals surface area contributed by atoms with Gasteiger partial charge in [0.25, 0.3) is 0 Å². The van der Waals surface area contributed by atoms with E-state index in [1.807, 2.05) is 0 Å². The molecule has 0 aliphatic heterocycles. The van der Waals surface area contributed by atoms with Crippen LogP contribution in [0.3, 0.4) is 0 Å². The van der Waals surface area contributed by atoms with Gasteiger partial charge in [0.15, 0.2) is 9.84 Å². The van der Waals surface area contributed by atoms with Crippen LogP contribution in [0.25, 0.3) is 0 Å². The van der Waals surface area contributed by atoms with Gasteiger partial charge in [0, 0.05) is 25.4 Å². The molecule has 0 heterocycles. The maximum atomic E-state index is 12.1. The molecule has 8 heteroatoms. The number of sulfonamides is 1. The second-order valence-corrected chi connectivity index (χ2v) is 9.96. The Hall–Kier alpha value is -0.960. The molecule has 2 atom stereocenters. The average molecular weight is 361 g/mol. The van der Waals surface area contributed by atoms with Crippen molar-refractivity contribution >= 4 is 19.9 Å². The molecule has 0 saturated heterocycles. The molecule has 0 bridgehead atoms. The Bertz CT molecular complexity index is 702. The number of nitrogens with one attached hydrogen (secondary N) is 2. The van der Waals surface area contributed by atoms with Crippen molar-refractivity contribution < 1.29 is 16.8 Å². The Morgan fingerprint density at radius 3 is 2.30 bits per heavy atom. The Balaban J connectivity index is 1.85. The van der Waals surface area contributed by atoms with Crippen LogP contribution < -0.4 is 10.0 Å². The van der Waals surface area contributed by atoms with Gasteiger partial charge in [-0.25, -0.2) is 21.6 Å². The summed E-state index contributed by atoms with van der Waals surface area (Å²) in [6.07, 6.45) is 4.68. The summed E-state index contributed by atoms with van der Waals surface area (Å²) in [6, 6.07) is 8.08.